The number of aryl methyl sites for hydroxylation is 1. The van der Waals surface area contributed by atoms with E-state index in [4.69, 9.17) is 23.5 Å². The van der Waals surface area contributed by atoms with Gasteiger partial charge in [-0.05, 0) is 82.6 Å². The zero-order chi connectivity index (χ0) is 55.0. The van der Waals surface area contributed by atoms with E-state index in [1.165, 1.54) is 18.5 Å². The number of oxazole rings is 3. The maximum absolute atomic E-state index is 7.42. The van der Waals surface area contributed by atoms with Crippen LogP contribution in [0.15, 0.2) is 99.6 Å². The summed E-state index contributed by atoms with van der Waals surface area (Å²) in [4.78, 5) is 20.3. The minimum absolute atomic E-state index is 0. The smallest absolute Gasteiger partial charge is 0.216 e. The summed E-state index contributed by atoms with van der Waals surface area (Å²) in [6, 6.07) is 3.95. The van der Waals surface area contributed by atoms with Crippen molar-refractivity contribution in [2.45, 2.75) is 197 Å². The molecule has 5 aromatic heterocycles. The van der Waals surface area contributed by atoms with Gasteiger partial charge in [-0.3, -0.25) is 4.99 Å². The van der Waals surface area contributed by atoms with Crippen LogP contribution in [-0.4, -0.2) is 50.1 Å². The van der Waals surface area contributed by atoms with Crippen LogP contribution in [-0.2, 0) is 64.8 Å². The monoisotopic (exact) mass is 1310 g/mol. The number of aromatic nitrogens is 5. The van der Waals surface area contributed by atoms with E-state index in [1.807, 2.05) is 19.1 Å². The standard InChI is InChI=1S/C9H14NO.C9H14N.C9H15N.C9H14O.2C8H13NO.C7H12N2O.U.Y/c1-7-10-8(6-11-7)5-9(2,3)4;1-9(2,3)6-8-4-5-10-7-8;2*1-9(2,3)7-8-5-4-6-10-8;1-8(2,3)4-7-5-9-6-10-7;1-8(2,3)6-7-9-4-5-10-7;1-7(2,3)4-6-9-8-5-10-6;;/h5H2,1-4H3;7H,5-6H2,1-3H3;4-5H,6-7H2,1-3H3;4-6H,7H2,1-3H3;5-6H,4H2,1-3H3;4-5H,6H2,1-3H3;5H,4H2,1-3H3;;/q2*-1;;;;;;;/i;7T;;;;;;;. The van der Waals surface area contributed by atoms with Crippen molar-refractivity contribution in [3.63, 3.8) is 0 Å². The molecule has 5 aromatic rings. The Bertz CT molecular complexity index is 2100. The Kier molecular flexibility index (Phi) is 32.5. The van der Waals surface area contributed by atoms with Crippen LogP contribution in [0.2, 0.25) is 0 Å². The molecule has 0 atom stereocenters. The van der Waals surface area contributed by atoms with Gasteiger partial charge in [-0.1, -0.05) is 171 Å². The predicted octanol–water partition coefficient (Wildman–Crippen LogP) is 16.1. The fraction of sp³-hybridized carbons (Fsp3) is 0.644. The van der Waals surface area contributed by atoms with Crippen molar-refractivity contribution in [1.29, 1.82) is 0 Å². The summed E-state index contributed by atoms with van der Waals surface area (Å²) in [5.74, 6) is 4.28. The number of allylic oxidation sites excluding steroid dienone is 2. The minimum atomic E-state index is 0. The molecule has 0 amide bonds. The van der Waals surface area contributed by atoms with Gasteiger partial charge >= 0.3 is 0 Å². The van der Waals surface area contributed by atoms with Crippen LogP contribution < -0.4 is 0 Å². The second kappa shape index (κ2) is 33.9. The van der Waals surface area contributed by atoms with E-state index in [0.717, 1.165) is 80.2 Å². The summed E-state index contributed by atoms with van der Waals surface area (Å²) in [5, 5.41) is 7.37. The third-order valence-corrected chi connectivity index (χ3v) is 8.75. The van der Waals surface area contributed by atoms with Gasteiger partial charge in [-0.25, -0.2) is 21.6 Å². The van der Waals surface area contributed by atoms with Crippen LogP contribution in [0.3, 0.4) is 0 Å². The van der Waals surface area contributed by atoms with Crippen molar-refractivity contribution >= 4 is 11.9 Å². The molecule has 2 aliphatic heterocycles. The molecule has 0 fully saturated rings. The van der Waals surface area contributed by atoms with Crippen molar-refractivity contribution in [1.82, 2.24) is 25.1 Å². The van der Waals surface area contributed by atoms with Crippen molar-refractivity contribution in [2.75, 3.05) is 13.1 Å². The van der Waals surface area contributed by atoms with Gasteiger partial charge in [-0.2, -0.15) is 0 Å². The minimum Gasteiger partial charge on any atom is -0.630 e. The predicted molar refractivity (Wildman–Crippen MR) is 292 cm³/mol. The van der Waals surface area contributed by atoms with Gasteiger partial charge in [0.15, 0.2) is 12.3 Å². The van der Waals surface area contributed by atoms with Crippen LogP contribution >= 0.6 is 0 Å². The van der Waals surface area contributed by atoms with E-state index in [1.54, 1.807) is 24.9 Å². The fourth-order valence-corrected chi connectivity index (χ4v) is 6.27. The Hall–Kier alpha value is -2.97. The summed E-state index contributed by atoms with van der Waals surface area (Å²) in [6.07, 6.45) is 26.8. The molecular weight excluding hydrogens is 1210 g/mol. The molecule has 2 aliphatic rings. The maximum Gasteiger partial charge on any atom is 0.216 e. The number of furan rings is 1. The van der Waals surface area contributed by atoms with Gasteiger partial charge in [0.05, 0.1) is 25.2 Å². The van der Waals surface area contributed by atoms with Gasteiger partial charge < -0.3 is 32.1 Å². The summed E-state index contributed by atoms with van der Waals surface area (Å²) in [7, 11) is 0. The number of hydrogen-bond donors (Lipinski definition) is 0. The molecule has 0 N–H and O–H groups in total. The molecule has 7 heterocycles. The molecule has 0 unspecified atom stereocenters. The SMILES string of the molecule is CC(C)(C)CC1=NCC=C1.CC(C)(C)Cc1ccco1.CC(C)(C)Cc1cnco1.CC(C)(C)Cc1ncco1.CC(C)(C)Cc1nnco1.Cc1nc(CC(C)(C)C)[c-]o1.[3H]C1=NC[C-]=C1CC(C)(C)C.[U].[Y]. The number of aliphatic imine (C=N–C) groups is 2. The van der Waals surface area contributed by atoms with Crippen molar-refractivity contribution in [3.8, 4) is 0 Å². The second-order valence-corrected chi connectivity index (χ2v) is 26.6. The van der Waals surface area contributed by atoms with Gasteiger partial charge in [0.1, 0.15) is 17.8 Å². The first kappa shape index (κ1) is 70.0. The van der Waals surface area contributed by atoms with Crippen LogP contribution in [0, 0.1) is 88.3 Å². The molecule has 0 saturated carbocycles. The first-order valence-electron chi connectivity index (χ1n) is 25.5. The molecule has 0 bridgehead atoms. The van der Waals surface area contributed by atoms with Crippen molar-refractivity contribution in [2.24, 2.45) is 47.9 Å². The molecule has 0 saturated heterocycles. The second-order valence-electron chi connectivity index (χ2n) is 26.6. The Morgan fingerprint density at radius 3 is 1.56 bits per heavy atom. The maximum atomic E-state index is 7.42. The van der Waals surface area contributed by atoms with Gasteiger partial charge in [0.25, 0.3) is 0 Å². The normalized spacial score (nSPS) is 13.5. The molecule has 12 nitrogen and oxygen atoms in total. The van der Waals surface area contributed by atoms with E-state index in [0.29, 0.717) is 40.8 Å². The quantitative estimate of drug-likeness (QED) is 0.144. The third-order valence-electron chi connectivity index (χ3n) is 8.75. The zero-order valence-corrected chi connectivity index (χ0v) is 56.4. The summed E-state index contributed by atoms with van der Waals surface area (Å²) < 4.78 is 32.8. The topological polar surface area (TPSA) is 155 Å². The first-order valence-corrected chi connectivity index (χ1v) is 25.0. The molecule has 1 radical (unpaired) electrons. The third kappa shape index (κ3) is 45.0. The van der Waals surface area contributed by atoms with E-state index < -0.39 is 0 Å². The Morgan fingerprint density at radius 1 is 0.616 bits per heavy atom. The van der Waals surface area contributed by atoms with E-state index in [2.05, 4.69) is 205 Å². The van der Waals surface area contributed by atoms with Crippen molar-refractivity contribution in [3.05, 3.63) is 115 Å². The van der Waals surface area contributed by atoms with Crippen LogP contribution in [0.5, 0.6) is 0 Å². The number of nitrogens with zero attached hydrogens (tertiary/aromatic N) is 7. The average Bonchev–Trinajstić information content (AvgIpc) is 4.03. The summed E-state index contributed by atoms with van der Waals surface area (Å²) >= 11 is 0. The molecular formula is C59H95N7O5UY-2. The van der Waals surface area contributed by atoms with E-state index in [-0.39, 0.29) is 85.5 Å². The molecule has 0 spiro atoms. The summed E-state index contributed by atoms with van der Waals surface area (Å²) in [6.45, 7) is 49.1. The summed E-state index contributed by atoms with van der Waals surface area (Å²) in [5.41, 5.74) is 5.18. The Labute approximate surface area is 493 Å². The van der Waals surface area contributed by atoms with Crippen molar-refractivity contribution < 1.29 is 87.3 Å². The molecule has 0 aliphatic carbocycles. The number of hydrogen-bond acceptors (Lipinski definition) is 12. The largest absolute Gasteiger partial charge is 0.630 e. The van der Waals surface area contributed by atoms with E-state index in [9.17, 15) is 0 Å². The zero-order valence-electron chi connectivity index (χ0n) is 50.4. The molecule has 7 rings (SSSR count). The molecule has 14 heteroatoms. The van der Waals surface area contributed by atoms with Crippen LogP contribution in [0.1, 0.15) is 194 Å². The Morgan fingerprint density at radius 2 is 1.18 bits per heavy atom. The van der Waals surface area contributed by atoms with E-state index >= 15 is 0 Å². The van der Waals surface area contributed by atoms with Gasteiger partial charge in [0.2, 0.25) is 12.3 Å². The Balaban J connectivity index is 0. The average molecular weight is 1310 g/mol. The number of rotatable bonds is 7. The molecule has 405 valence electrons. The molecule has 73 heavy (non-hydrogen) atoms. The fourth-order valence-electron chi connectivity index (χ4n) is 6.27. The van der Waals surface area contributed by atoms with Crippen LogP contribution in [0.4, 0.5) is 0 Å². The van der Waals surface area contributed by atoms with Gasteiger partial charge in [-0.15, -0.1) is 16.4 Å². The van der Waals surface area contributed by atoms with Crippen LogP contribution in [0.25, 0.3) is 0 Å². The molecule has 0 aromatic carbocycles. The van der Waals surface area contributed by atoms with Gasteiger partial charge in [0, 0.05) is 101 Å². The first-order chi connectivity index (χ1) is 32.9.